The summed E-state index contributed by atoms with van der Waals surface area (Å²) in [5.74, 6) is -0.0826. The topological polar surface area (TPSA) is 70.8 Å². The van der Waals surface area contributed by atoms with E-state index in [9.17, 15) is 4.79 Å². The molecular formula is C9H9N3O2. The molecule has 14 heavy (non-hydrogen) atoms. The second kappa shape index (κ2) is 3.37. The number of hydrogen-bond acceptors (Lipinski definition) is 3. The van der Waals surface area contributed by atoms with Crippen molar-refractivity contribution in [3.8, 4) is 5.88 Å². The molecular weight excluding hydrogens is 182 g/mol. The summed E-state index contributed by atoms with van der Waals surface area (Å²) in [4.78, 5) is 14.3. The van der Waals surface area contributed by atoms with Crippen molar-refractivity contribution >= 4 is 5.97 Å². The molecule has 0 atom stereocenters. The normalized spacial score (nSPS) is 10.1. The zero-order chi connectivity index (χ0) is 9.97. The smallest absolute Gasteiger partial charge is 0.361 e. The molecule has 2 aromatic heterocycles. The van der Waals surface area contributed by atoms with E-state index in [1.54, 1.807) is 12.3 Å². The average molecular weight is 191 g/mol. The van der Waals surface area contributed by atoms with Crippen LogP contribution >= 0.6 is 0 Å². The molecule has 0 aliphatic heterocycles. The number of rotatable bonds is 2. The third-order valence-electron chi connectivity index (χ3n) is 1.84. The first-order chi connectivity index (χ1) is 6.77. The van der Waals surface area contributed by atoms with E-state index in [1.807, 2.05) is 13.0 Å². The van der Waals surface area contributed by atoms with E-state index in [0.717, 1.165) is 5.56 Å². The highest BCUT2D eigenvalue weighted by Crippen LogP contribution is 2.09. The molecule has 2 aromatic rings. The Balaban J connectivity index is 2.14. The van der Waals surface area contributed by atoms with Crippen LogP contribution in [0.3, 0.4) is 0 Å². The van der Waals surface area contributed by atoms with Gasteiger partial charge in [-0.05, 0) is 18.6 Å². The van der Waals surface area contributed by atoms with E-state index in [2.05, 4.69) is 15.2 Å². The fourth-order valence-corrected chi connectivity index (χ4v) is 1.12. The summed E-state index contributed by atoms with van der Waals surface area (Å²) >= 11 is 0. The van der Waals surface area contributed by atoms with Gasteiger partial charge in [0.1, 0.15) is 5.69 Å². The van der Waals surface area contributed by atoms with Crippen LogP contribution in [0.2, 0.25) is 0 Å². The first-order valence-corrected chi connectivity index (χ1v) is 4.13. The van der Waals surface area contributed by atoms with Crippen molar-refractivity contribution in [2.45, 2.75) is 6.92 Å². The Kier molecular flexibility index (Phi) is 2.06. The molecule has 2 heterocycles. The molecule has 2 N–H and O–H groups in total. The molecule has 0 spiro atoms. The number of hydrogen-bond donors (Lipinski definition) is 2. The van der Waals surface area contributed by atoms with E-state index in [0.29, 0.717) is 11.6 Å². The first-order valence-electron chi connectivity index (χ1n) is 4.13. The van der Waals surface area contributed by atoms with Crippen LogP contribution in [0.4, 0.5) is 0 Å². The Morgan fingerprint density at radius 2 is 2.36 bits per heavy atom. The maximum atomic E-state index is 11.5. The number of aromatic nitrogens is 3. The van der Waals surface area contributed by atoms with E-state index >= 15 is 0 Å². The molecule has 0 aromatic carbocycles. The number of nitrogens with one attached hydrogen (secondary N) is 2. The SMILES string of the molecule is Cc1cc[nH]c1C(=O)Oc1ccn[nH]1. The summed E-state index contributed by atoms with van der Waals surface area (Å²) < 4.78 is 4.99. The molecule has 5 heteroatoms. The number of carbonyl (C=O) groups excluding carboxylic acids is 1. The highest BCUT2D eigenvalue weighted by atomic mass is 16.5. The molecule has 0 aliphatic carbocycles. The third kappa shape index (κ3) is 1.52. The summed E-state index contributed by atoms with van der Waals surface area (Å²) in [6, 6.07) is 3.39. The summed E-state index contributed by atoms with van der Waals surface area (Å²) in [5, 5.41) is 6.21. The average Bonchev–Trinajstić information content (AvgIpc) is 2.75. The fraction of sp³-hybridized carbons (Fsp3) is 0.111. The lowest BCUT2D eigenvalue weighted by Crippen LogP contribution is -2.10. The van der Waals surface area contributed by atoms with Gasteiger partial charge in [-0.1, -0.05) is 0 Å². The van der Waals surface area contributed by atoms with Crippen molar-refractivity contribution in [1.82, 2.24) is 15.2 Å². The van der Waals surface area contributed by atoms with Crippen LogP contribution < -0.4 is 4.74 Å². The molecule has 72 valence electrons. The van der Waals surface area contributed by atoms with E-state index in [1.165, 1.54) is 6.20 Å². The highest BCUT2D eigenvalue weighted by Gasteiger charge is 2.12. The molecule has 0 fully saturated rings. The van der Waals surface area contributed by atoms with Gasteiger partial charge in [0, 0.05) is 12.3 Å². The summed E-state index contributed by atoms with van der Waals surface area (Å²) in [7, 11) is 0. The number of nitrogens with zero attached hydrogens (tertiary/aromatic N) is 1. The summed E-state index contributed by atoms with van der Waals surface area (Å²) in [5.41, 5.74) is 1.31. The lowest BCUT2D eigenvalue weighted by Gasteiger charge is -1.99. The number of H-pyrrole nitrogens is 2. The van der Waals surface area contributed by atoms with Crippen molar-refractivity contribution in [3.63, 3.8) is 0 Å². The number of ether oxygens (including phenoxy) is 1. The van der Waals surface area contributed by atoms with Gasteiger partial charge in [-0.15, -0.1) is 0 Å². The maximum absolute atomic E-state index is 11.5. The number of carbonyl (C=O) groups is 1. The van der Waals surface area contributed by atoms with Gasteiger partial charge in [0.25, 0.3) is 0 Å². The van der Waals surface area contributed by atoms with Gasteiger partial charge in [0.15, 0.2) is 0 Å². The van der Waals surface area contributed by atoms with Crippen molar-refractivity contribution in [2.24, 2.45) is 0 Å². The van der Waals surface area contributed by atoms with Crippen molar-refractivity contribution < 1.29 is 9.53 Å². The monoisotopic (exact) mass is 191 g/mol. The molecule has 0 saturated heterocycles. The molecule has 5 nitrogen and oxygen atoms in total. The van der Waals surface area contributed by atoms with Crippen LogP contribution in [0.5, 0.6) is 5.88 Å². The minimum Gasteiger partial charge on any atom is -0.403 e. The predicted octanol–water partition coefficient (Wildman–Crippen LogP) is 1.27. The van der Waals surface area contributed by atoms with Gasteiger partial charge in [-0.25, -0.2) is 9.89 Å². The zero-order valence-corrected chi connectivity index (χ0v) is 7.57. The van der Waals surface area contributed by atoms with Crippen LogP contribution in [0, 0.1) is 6.92 Å². The van der Waals surface area contributed by atoms with Gasteiger partial charge in [0.05, 0.1) is 6.20 Å². The Hall–Kier alpha value is -2.04. The number of aromatic amines is 2. The Bertz CT molecular complexity index is 431. The van der Waals surface area contributed by atoms with Gasteiger partial charge in [-0.2, -0.15) is 5.10 Å². The minimum atomic E-state index is -0.420. The minimum absolute atomic E-state index is 0.337. The van der Waals surface area contributed by atoms with E-state index < -0.39 is 5.97 Å². The summed E-state index contributed by atoms with van der Waals surface area (Å²) in [6.07, 6.45) is 3.21. The summed E-state index contributed by atoms with van der Waals surface area (Å²) in [6.45, 7) is 1.83. The van der Waals surface area contributed by atoms with E-state index in [4.69, 9.17) is 4.74 Å². The molecule has 2 rings (SSSR count). The van der Waals surface area contributed by atoms with Crippen LogP contribution in [0.15, 0.2) is 24.5 Å². The Morgan fingerprint density at radius 1 is 1.50 bits per heavy atom. The lowest BCUT2D eigenvalue weighted by atomic mass is 10.3. The van der Waals surface area contributed by atoms with Gasteiger partial charge in [0.2, 0.25) is 5.88 Å². The predicted molar refractivity (Wildman–Crippen MR) is 49.1 cm³/mol. The van der Waals surface area contributed by atoms with Crippen LogP contribution in [-0.4, -0.2) is 21.2 Å². The first kappa shape index (κ1) is 8.55. The molecule has 0 unspecified atom stereocenters. The molecule has 0 radical (unpaired) electrons. The second-order valence-electron chi connectivity index (χ2n) is 2.85. The second-order valence-corrected chi connectivity index (χ2v) is 2.85. The largest absolute Gasteiger partial charge is 0.403 e. The maximum Gasteiger partial charge on any atom is 0.361 e. The van der Waals surface area contributed by atoms with Crippen molar-refractivity contribution in [1.29, 1.82) is 0 Å². The standard InChI is InChI=1S/C9H9N3O2/c1-6-2-4-10-8(6)9(13)14-7-3-5-11-12-7/h2-5,10H,1H3,(H,11,12). The van der Waals surface area contributed by atoms with Crippen molar-refractivity contribution in [2.75, 3.05) is 0 Å². The van der Waals surface area contributed by atoms with Gasteiger partial charge in [-0.3, -0.25) is 0 Å². The van der Waals surface area contributed by atoms with Crippen LogP contribution in [0.25, 0.3) is 0 Å². The lowest BCUT2D eigenvalue weighted by molar-refractivity contribution is 0.0721. The molecule has 0 saturated carbocycles. The van der Waals surface area contributed by atoms with E-state index in [-0.39, 0.29) is 0 Å². The fourth-order valence-electron chi connectivity index (χ4n) is 1.12. The van der Waals surface area contributed by atoms with Crippen LogP contribution in [-0.2, 0) is 0 Å². The molecule has 0 bridgehead atoms. The number of esters is 1. The Labute approximate surface area is 80.1 Å². The Morgan fingerprint density at radius 3 is 2.93 bits per heavy atom. The molecule has 0 amide bonds. The van der Waals surface area contributed by atoms with Gasteiger partial charge < -0.3 is 9.72 Å². The third-order valence-corrected chi connectivity index (χ3v) is 1.84. The molecule has 0 aliphatic rings. The van der Waals surface area contributed by atoms with Crippen molar-refractivity contribution in [3.05, 3.63) is 35.8 Å². The van der Waals surface area contributed by atoms with Crippen LogP contribution in [0.1, 0.15) is 16.1 Å². The van der Waals surface area contributed by atoms with Gasteiger partial charge >= 0.3 is 5.97 Å². The zero-order valence-electron chi connectivity index (χ0n) is 7.57. The highest BCUT2D eigenvalue weighted by molar-refractivity contribution is 5.90. The number of aryl methyl sites for hydroxylation is 1. The quantitative estimate of drug-likeness (QED) is 0.702.